The normalized spacial score (nSPS) is 12.4. The van der Waals surface area contributed by atoms with Crippen LogP contribution in [0.25, 0.3) is 141 Å². The lowest BCUT2D eigenvalue weighted by Gasteiger charge is -2.18. The van der Waals surface area contributed by atoms with Crippen LogP contribution in [0.3, 0.4) is 0 Å². The Morgan fingerprint density at radius 3 is 1.29 bits per heavy atom. The minimum absolute atomic E-state index is 0.897. The van der Waals surface area contributed by atoms with Gasteiger partial charge in [0.1, 0.15) is 11.2 Å². The van der Waals surface area contributed by atoms with Gasteiger partial charge in [-0.05, 0) is 144 Å². The van der Waals surface area contributed by atoms with E-state index >= 15 is 0 Å². The van der Waals surface area contributed by atoms with Crippen molar-refractivity contribution in [1.82, 2.24) is 0 Å². The third-order valence-electron chi connectivity index (χ3n) is 13.3. The van der Waals surface area contributed by atoms with Gasteiger partial charge in [-0.1, -0.05) is 170 Å². The highest BCUT2D eigenvalue weighted by molar-refractivity contribution is 6.29. The van der Waals surface area contributed by atoms with Gasteiger partial charge in [0.2, 0.25) is 0 Å². The molecule has 0 aliphatic heterocycles. The third kappa shape index (κ3) is 4.29. The maximum absolute atomic E-state index is 6.92. The van der Waals surface area contributed by atoms with Crippen molar-refractivity contribution in [3.63, 3.8) is 0 Å². The minimum atomic E-state index is 0.897. The lowest BCUT2D eigenvalue weighted by molar-refractivity contribution is 0.669. The Hall–Kier alpha value is -7.74. The quantitative estimate of drug-likeness (QED) is 0.164. The summed E-state index contributed by atoms with van der Waals surface area (Å²) in [5.74, 6) is 0. The fourth-order valence-corrected chi connectivity index (χ4v) is 10.7. The summed E-state index contributed by atoms with van der Waals surface area (Å²) in [4.78, 5) is 0. The smallest absolute Gasteiger partial charge is 0.136 e. The van der Waals surface area contributed by atoms with E-state index in [4.69, 9.17) is 4.42 Å². The first-order chi connectivity index (χ1) is 29.2. The van der Waals surface area contributed by atoms with Crippen molar-refractivity contribution in [2.24, 2.45) is 0 Å². The van der Waals surface area contributed by atoms with Crippen LogP contribution in [0, 0.1) is 0 Å². The molecule has 0 aliphatic carbocycles. The standard InChI is InChI=1S/C58H32O/c1-2-8-40-31-52-51(29-39(40)7-1)58-50(47-24-20-38-18-16-34-10-6-12-36-22-26-49(47)57(38)55(34)36)30-41(32-53(58)59-52)42-27-28-45(44-14-4-3-13-43(42)44)46-23-19-37-17-15-33-9-5-11-35-21-25-48(46)56(37)54(33)35/h1-32H. The number of hydrogen-bond acceptors (Lipinski definition) is 1. The molecule has 0 bridgehead atoms. The van der Waals surface area contributed by atoms with Gasteiger partial charge >= 0.3 is 0 Å². The lowest BCUT2D eigenvalue weighted by Crippen LogP contribution is -1.91. The Labute approximate surface area is 338 Å². The van der Waals surface area contributed by atoms with E-state index in [9.17, 15) is 0 Å². The molecule has 270 valence electrons. The molecule has 0 aliphatic rings. The van der Waals surface area contributed by atoms with E-state index in [2.05, 4.69) is 194 Å². The van der Waals surface area contributed by atoms with Gasteiger partial charge in [-0.15, -0.1) is 0 Å². The average molecular weight is 745 g/mol. The van der Waals surface area contributed by atoms with Crippen molar-refractivity contribution >= 4 is 108 Å². The molecule has 1 heteroatoms. The SMILES string of the molecule is c1ccc2cc3c(cc2c1)oc1cc(-c2ccc(-c4ccc5ccc6cccc7ccc4c5c67)c4ccccc24)cc(-c2ccc4ccc5cccc6ccc2c4c56)c13. The Morgan fingerprint density at radius 1 is 0.220 bits per heavy atom. The Balaban J connectivity index is 1.06. The van der Waals surface area contributed by atoms with E-state index in [-0.39, 0.29) is 0 Å². The zero-order valence-corrected chi connectivity index (χ0v) is 31.9. The largest absolute Gasteiger partial charge is 0.456 e. The van der Waals surface area contributed by atoms with Crippen molar-refractivity contribution in [3.05, 3.63) is 194 Å². The van der Waals surface area contributed by atoms with E-state index < -0.39 is 0 Å². The first-order valence-electron chi connectivity index (χ1n) is 20.5. The van der Waals surface area contributed by atoms with Gasteiger partial charge in [0, 0.05) is 10.8 Å². The molecule has 0 amide bonds. The first-order valence-corrected chi connectivity index (χ1v) is 20.5. The molecule has 0 atom stereocenters. The molecular formula is C58H32O. The molecule has 1 aromatic heterocycles. The van der Waals surface area contributed by atoms with Gasteiger partial charge in [0.05, 0.1) is 0 Å². The van der Waals surface area contributed by atoms with Gasteiger partial charge < -0.3 is 4.42 Å². The summed E-state index contributed by atoms with van der Waals surface area (Å²) in [6.07, 6.45) is 0. The number of furan rings is 1. The maximum Gasteiger partial charge on any atom is 0.136 e. The highest BCUT2D eigenvalue weighted by Crippen LogP contribution is 2.48. The zero-order chi connectivity index (χ0) is 38.3. The average Bonchev–Trinajstić information content (AvgIpc) is 3.65. The van der Waals surface area contributed by atoms with E-state index in [0.29, 0.717) is 0 Å². The van der Waals surface area contributed by atoms with Gasteiger partial charge in [-0.2, -0.15) is 0 Å². The summed E-state index contributed by atoms with van der Waals surface area (Å²) in [5.41, 5.74) is 9.03. The van der Waals surface area contributed by atoms with Gasteiger partial charge in [0.15, 0.2) is 0 Å². The Morgan fingerprint density at radius 2 is 0.661 bits per heavy atom. The van der Waals surface area contributed by atoms with Gasteiger partial charge in [-0.3, -0.25) is 0 Å². The predicted molar refractivity (Wildman–Crippen MR) is 252 cm³/mol. The predicted octanol–water partition coefficient (Wildman–Crippen LogP) is 16.7. The molecule has 0 radical (unpaired) electrons. The number of benzene rings is 13. The molecule has 0 N–H and O–H groups in total. The summed E-state index contributed by atoms with van der Waals surface area (Å²) >= 11 is 0. The third-order valence-corrected chi connectivity index (χ3v) is 13.3. The Kier molecular flexibility index (Phi) is 6.08. The van der Waals surface area contributed by atoms with Crippen LogP contribution in [0.4, 0.5) is 0 Å². The molecule has 1 heterocycles. The van der Waals surface area contributed by atoms with Gasteiger partial charge in [-0.25, -0.2) is 0 Å². The molecule has 0 saturated carbocycles. The molecule has 1 nitrogen and oxygen atoms in total. The number of hydrogen-bond donors (Lipinski definition) is 0. The van der Waals surface area contributed by atoms with Crippen molar-refractivity contribution < 1.29 is 4.42 Å². The molecule has 0 unspecified atom stereocenters. The lowest BCUT2D eigenvalue weighted by atomic mass is 9.85. The van der Waals surface area contributed by atoms with E-state index in [0.717, 1.165) is 27.5 Å². The van der Waals surface area contributed by atoms with Crippen molar-refractivity contribution in [3.8, 4) is 33.4 Å². The van der Waals surface area contributed by atoms with Crippen molar-refractivity contribution in [2.45, 2.75) is 0 Å². The second-order valence-corrected chi connectivity index (χ2v) is 16.3. The summed E-state index contributed by atoms with van der Waals surface area (Å²) in [5, 5.41) is 22.7. The van der Waals surface area contributed by atoms with E-state index in [1.165, 1.54) is 114 Å². The van der Waals surface area contributed by atoms with Crippen LogP contribution in [0.15, 0.2) is 199 Å². The molecule has 59 heavy (non-hydrogen) atoms. The molecule has 0 fully saturated rings. The van der Waals surface area contributed by atoms with Crippen LogP contribution in [0.2, 0.25) is 0 Å². The summed E-state index contributed by atoms with van der Waals surface area (Å²) in [6, 6.07) is 72.2. The molecule has 13 aromatic carbocycles. The topological polar surface area (TPSA) is 13.1 Å². The second kappa shape index (κ2) is 11.4. The number of fused-ring (bicyclic) bond motifs is 5. The molecule has 14 rings (SSSR count). The van der Waals surface area contributed by atoms with Crippen molar-refractivity contribution in [2.75, 3.05) is 0 Å². The first kappa shape index (κ1) is 31.4. The summed E-state index contributed by atoms with van der Waals surface area (Å²) in [7, 11) is 0. The van der Waals surface area contributed by atoms with Crippen LogP contribution >= 0.6 is 0 Å². The van der Waals surface area contributed by atoms with Crippen LogP contribution in [-0.2, 0) is 0 Å². The minimum Gasteiger partial charge on any atom is -0.456 e. The zero-order valence-electron chi connectivity index (χ0n) is 31.9. The van der Waals surface area contributed by atoms with E-state index in [1.54, 1.807) is 0 Å². The monoisotopic (exact) mass is 744 g/mol. The highest BCUT2D eigenvalue weighted by Gasteiger charge is 2.21. The molecule has 14 aromatic rings. The highest BCUT2D eigenvalue weighted by atomic mass is 16.3. The molecule has 0 spiro atoms. The second-order valence-electron chi connectivity index (χ2n) is 16.3. The van der Waals surface area contributed by atoms with Crippen molar-refractivity contribution in [1.29, 1.82) is 0 Å². The fraction of sp³-hybridized carbons (Fsp3) is 0. The maximum atomic E-state index is 6.92. The number of rotatable bonds is 3. The van der Waals surface area contributed by atoms with Crippen LogP contribution in [0.1, 0.15) is 0 Å². The summed E-state index contributed by atoms with van der Waals surface area (Å²) < 4.78 is 6.92. The van der Waals surface area contributed by atoms with Crippen LogP contribution in [-0.4, -0.2) is 0 Å². The fourth-order valence-electron chi connectivity index (χ4n) is 10.7. The Bertz CT molecular complexity index is 4040. The summed E-state index contributed by atoms with van der Waals surface area (Å²) in [6.45, 7) is 0. The van der Waals surface area contributed by atoms with E-state index in [1.807, 2.05) is 0 Å². The molecular weight excluding hydrogens is 713 g/mol. The molecule has 0 saturated heterocycles. The van der Waals surface area contributed by atoms with Crippen LogP contribution in [0.5, 0.6) is 0 Å². The van der Waals surface area contributed by atoms with Gasteiger partial charge in [0.25, 0.3) is 0 Å². The van der Waals surface area contributed by atoms with Crippen LogP contribution < -0.4 is 0 Å².